The molecule has 21 heavy (non-hydrogen) atoms. The molecule has 104 valence electrons. The number of aromatic nitrogens is 4. The molecule has 0 aliphatic carbocycles. The van der Waals surface area contributed by atoms with Crippen molar-refractivity contribution in [2.75, 3.05) is 5.32 Å². The second-order valence-corrected chi connectivity index (χ2v) is 4.58. The van der Waals surface area contributed by atoms with Crippen LogP contribution in [-0.4, -0.2) is 25.7 Å². The zero-order valence-electron chi connectivity index (χ0n) is 10.8. The fourth-order valence-corrected chi connectivity index (χ4v) is 1.95. The van der Waals surface area contributed by atoms with E-state index in [0.717, 1.165) is 0 Å². The Labute approximate surface area is 125 Å². The molecule has 7 heteroatoms. The molecule has 3 heterocycles. The first-order valence-corrected chi connectivity index (χ1v) is 6.50. The number of pyridine rings is 2. The second-order valence-electron chi connectivity index (χ2n) is 4.14. The molecule has 0 radical (unpaired) electrons. The zero-order chi connectivity index (χ0) is 14.7. The molecule has 3 aromatic rings. The fourth-order valence-electron chi connectivity index (χ4n) is 1.79. The summed E-state index contributed by atoms with van der Waals surface area (Å²) in [5, 5.41) is 7.32. The number of rotatable bonds is 3. The summed E-state index contributed by atoms with van der Waals surface area (Å²) in [5.74, 6) is 0.164. The van der Waals surface area contributed by atoms with Crippen molar-refractivity contribution in [2.45, 2.75) is 0 Å². The highest BCUT2D eigenvalue weighted by atomic mass is 35.5. The van der Waals surface area contributed by atoms with Gasteiger partial charge in [0.25, 0.3) is 5.91 Å². The van der Waals surface area contributed by atoms with Gasteiger partial charge in [-0.3, -0.25) is 9.78 Å². The maximum absolute atomic E-state index is 12.2. The van der Waals surface area contributed by atoms with E-state index >= 15 is 0 Å². The SMILES string of the molecule is O=C(Nc1cccnc1-n1cccn1)c1cc(Cl)ccn1. The summed E-state index contributed by atoms with van der Waals surface area (Å²) in [6, 6.07) is 8.36. The van der Waals surface area contributed by atoms with Crippen molar-refractivity contribution >= 4 is 23.2 Å². The predicted molar refractivity (Wildman–Crippen MR) is 78.6 cm³/mol. The minimum atomic E-state index is -0.362. The molecule has 0 saturated carbocycles. The Morgan fingerprint density at radius 3 is 2.81 bits per heavy atom. The maximum Gasteiger partial charge on any atom is 0.274 e. The first-order valence-electron chi connectivity index (χ1n) is 6.12. The lowest BCUT2D eigenvalue weighted by molar-refractivity contribution is 0.102. The standard InChI is InChI=1S/C14H10ClN5O/c15-10-4-7-16-12(9-10)14(21)19-11-3-1-5-17-13(11)20-8-2-6-18-20/h1-9H,(H,19,21). The molecule has 0 fully saturated rings. The van der Waals surface area contributed by atoms with Crippen LogP contribution in [0.5, 0.6) is 0 Å². The van der Waals surface area contributed by atoms with E-state index in [1.165, 1.54) is 12.3 Å². The van der Waals surface area contributed by atoms with Gasteiger partial charge in [0.1, 0.15) is 5.69 Å². The van der Waals surface area contributed by atoms with E-state index < -0.39 is 0 Å². The van der Waals surface area contributed by atoms with Gasteiger partial charge in [0.05, 0.1) is 5.69 Å². The van der Waals surface area contributed by atoms with Gasteiger partial charge in [-0.1, -0.05) is 11.6 Å². The largest absolute Gasteiger partial charge is 0.317 e. The van der Waals surface area contributed by atoms with E-state index in [1.807, 2.05) is 0 Å². The van der Waals surface area contributed by atoms with Gasteiger partial charge in [0.15, 0.2) is 5.82 Å². The predicted octanol–water partition coefficient (Wildman–Crippen LogP) is 2.57. The molecule has 0 spiro atoms. The Morgan fingerprint density at radius 1 is 1.14 bits per heavy atom. The number of anilines is 1. The van der Waals surface area contributed by atoms with Crippen LogP contribution in [0.3, 0.4) is 0 Å². The van der Waals surface area contributed by atoms with Crippen LogP contribution in [0, 0.1) is 0 Å². The third-order valence-corrected chi connectivity index (χ3v) is 2.95. The van der Waals surface area contributed by atoms with Gasteiger partial charge in [0, 0.05) is 29.8 Å². The summed E-state index contributed by atoms with van der Waals surface area (Å²) in [6.45, 7) is 0. The molecule has 0 saturated heterocycles. The number of carbonyl (C=O) groups is 1. The van der Waals surface area contributed by atoms with E-state index in [9.17, 15) is 4.79 Å². The van der Waals surface area contributed by atoms with Crippen LogP contribution in [-0.2, 0) is 0 Å². The number of carbonyl (C=O) groups excluding carboxylic acids is 1. The van der Waals surface area contributed by atoms with Crippen molar-refractivity contribution in [1.82, 2.24) is 19.7 Å². The topological polar surface area (TPSA) is 72.7 Å². The Bertz CT molecular complexity index is 773. The summed E-state index contributed by atoms with van der Waals surface area (Å²) in [4.78, 5) is 20.4. The van der Waals surface area contributed by atoms with Crippen LogP contribution >= 0.6 is 11.6 Å². The molecule has 0 aromatic carbocycles. The van der Waals surface area contributed by atoms with Gasteiger partial charge < -0.3 is 5.32 Å². The minimum Gasteiger partial charge on any atom is -0.317 e. The molecular formula is C14H10ClN5O. The molecule has 6 nitrogen and oxygen atoms in total. The zero-order valence-corrected chi connectivity index (χ0v) is 11.5. The van der Waals surface area contributed by atoms with Crippen molar-refractivity contribution in [3.8, 4) is 5.82 Å². The van der Waals surface area contributed by atoms with Crippen molar-refractivity contribution < 1.29 is 4.79 Å². The van der Waals surface area contributed by atoms with Crippen LogP contribution in [0.4, 0.5) is 5.69 Å². The molecular weight excluding hydrogens is 290 g/mol. The second kappa shape index (κ2) is 5.72. The average Bonchev–Trinajstić information content (AvgIpc) is 3.02. The van der Waals surface area contributed by atoms with Crippen LogP contribution in [0.15, 0.2) is 55.1 Å². The maximum atomic E-state index is 12.2. The molecule has 1 amide bonds. The number of nitrogens with one attached hydrogen (secondary N) is 1. The lowest BCUT2D eigenvalue weighted by atomic mass is 10.3. The van der Waals surface area contributed by atoms with Crippen molar-refractivity contribution in [1.29, 1.82) is 0 Å². The van der Waals surface area contributed by atoms with Gasteiger partial charge in [-0.15, -0.1) is 0 Å². The summed E-state index contributed by atoms with van der Waals surface area (Å²) >= 11 is 5.86. The van der Waals surface area contributed by atoms with E-state index in [0.29, 0.717) is 16.5 Å². The first kappa shape index (κ1) is 13.3. The van der Waals surface area contributed by atoms with Crippen LogP contribution in [0.2, 0.25) is 5.02 Å². The van der Waals surface area contributed by atoms with E-state index in [-0.39, 0.29) is 11.6 Å². The van der Waals surface area contributed by atoms with E-state index in [4.69, 9.17) is 11.6 Å². The third-order valence-electron chi connectivity index (χ3n) is 2.71. The Hall–Kier alpha value is -2.73. The smallest absolute Gasteiger partial charge is 0.274 e. The molecule has 3 rings (SSSR count). The van der Waals surface area contributed by atoms with Crippen molar-refractivity contribution in [2.24, 2.45) is 0 Å². The average molecular weight is 300 g/mol. The fraction of sp³-hybridized carbons (Fsp3) is 0. The molecule has 0 unspecified atom stereocenters. The highest BCUT2D eigenvalue weighted by molar-refractivity contribution is 6.30. The highest BCUT2D eigenvalue weighted by Gasteiger charge is 2.12. The summed E-state index contributed by atoms with van der Waals surface area (Å²) < 4.78 is 1.57. The molecule has 0 bridgehead atoms. The first-order chi connectivity index (χ1) is 10.2. The number of nitrogens with zero attached hydrogens (tertiary/aromatic N) is 4. The van der Waals surface area contributed by atoms with Crippen LogP contribution in [0.25, 0.3) is 5.82 Å². The van der Waals surface area contributed by atoms with Gasteiger partial charge >= 0.3 is 0 Å². The monoisotopic (exact) mass is 299 g/mol. The molecule has 0 atom stereocenters. The van der Waals surface area contributed by atoms with Gasteiger partial charge in [-0.05, 0) is 30.3 Å². The van der Waals surface area contributed by atoms with Crippen molar-refractivity contribution in [3.63, 3.8) is 0 Å². The number of halogens is 1. The van der Waals surface area contributed by atoms with Gasteiger partial charge in [-0.25, -0.2) is 9.67 Å². The Kier molecular flexibility index (Phi) is 3.61. The normalized spacial score (nSPS) is 10.3. The Balaban J connectivity index is 1.90. The summed E-state index contributed by atoms with van der Waals surface area (Å²) in [6.07, 6.45) is 6.49. The summed E-state index contributed by atoms with van der Waals surface area (Å²) in [5.41, 5.74) is 0.769. The van der Waals surface area contributed by atoms with Crippen LogP contribution < -0.4 is 5.32 Å². The minimum absolute atomic E-state index is 0.234. The number of amides is 1. The Morgan fingerprint density at radius 2 is 2.05 bits per heavy atom. The quantitative estimate of drug-likeness (QED) is 0.806. The number of hydrogen-bond donors (Lipinski definition) is 1. The van der Waals surface area contributed by atoms with Crippen molar-refractivity contribution in [3.05, 3.63) is 65.8 Å². The summed E-state index contributed by atoms with van der Waals surface area (Å²) in [7, 11) is 0. The molecule has 3 aromatic heterocycles. The molecule has 1 N–H and O–H groups in total. The van der Waals surface area contributed by atoms with Gasteiger partial charge in [-0.2, -0.15) is 5.10 Å². The third kappa shape index (κ3) is 2.90. The molecule has 0 aliphatic heterocycles. The van der Waals surface area contributed by atoms with Gasteiger partial charge in [0.2, 0.25) is 0 Å². The number of hydrogen-bond acceptors (Lipinski definition) is 4. The lowest BCUT2D eigenvalue weighted by Crippen LogP contribution is -2.16. The van der Waals surface area contributed by atoms with E-state index in [1.54, 1.807) is 47.5 Å². The molecule has 0 aliphatic rings. The van der Waals surface area contributed by atoms with E-state index in [2.05, 4.69) is 20.4 Å². The van der Waals surface area contributed by atoms with Crippen LogP contribution in [0.1, 0.15) is 10.5 Å². The lowest BCUT2D eigenvalue weighted by Gasteiger charge is -2.09. The highest BCUT2D eigenvalue weighted by Crippen LogP contribution is 2.17.